The zero-order chi connectivity index (χ0) is 25.9. The molecule has 1 fully saturated rings. The van der Waals surface area contributed by atoms with E-state index in [2.05, 4.69) is 16.3 Å². The van der Waals surface area contributed by atoms with Crippen molar-refractivity contribution in [3.63, 3.8) is 0 Å². The van der Waals surface area contributed by atoms with Crippen LogP contribution in [0, 0.1) is 11.3 Å². The zero-order valence-electron chi connectivity index (χ0n) is 20.7. The molecule has 0 bridgehead atoms. The Balaban J connectivity index is 1.48. The maximum atomic E-state index is 13.6. The molecule has 0 spiro atoms. The second-order valence-electron chi connectivity index (χ2n) is 8.81. The minimum atomic E-state index is -0.371. The van der Waals surface area contributed by atoms with Gasteiger partial charge in [0.2, 0.25) is 5.91 Å². The molecule has 37 heavy (non-hydrogen) atoms. The largest absolute Gasteiger partial charge is 0.467 e. The minimum absolute atomic E-state index is 0.0833. The molecule has 192 valence electrons. The fraction of sp³-hybridized carbons (Fsp3) is 0.321. The van der Waals surface area contributed by atoms with Gasteiger partial charge in [-0.3, -0.25) is 9.69 Å². The van der Waals surface area contributed by atoms with E-state index < -0.39 is 0 Å². The highest BCUT2D eigenvalue weighted by molar-refractivity contribution is 5.92. The van der Waals surface area contributed by atoms with Gasteiger partial charge >= 0.3 is 6.03 Å². The lowest BCUT2D eigenvalue weighted by atomic mass is 10.2. The first-order valence-electron chi connectivity index (χ1n) is 12.3. The van der Waals surface area contributed by atoms with Crippen LogP contribution < -0.4 is 5.32 Å². The highest BCUT2D eigenvalue weighted by Crippen LogP contribution is 2.14. The van der Waals surface area contributed by atoms with Gasteiger partial charge in [0.25, 0.3) is 0 Å². The van der Waals surface area contributed by atoms with Crippen LogP contribution in [0.15, 0.2) is 77.4 Å². The number of carbonyl (C=O) groups excluding carboxylic acids is 2. The molecule has 1 saturated heterocycles. The molecule has 0 radical (unpaired) electrons. The second kappa shape index (κ2) is 13.3. The van der Waals surface area contributed by atoms with Gasteiger partial charge in [-0.2, -0.15) is 5.26 Å². The van der Waals surface area contributed by atoms with Crippen LogP contribution in [0.25, 0.3) is 0 Å². The highest BCUT2D eigenvalue weighted by atomic mass is 16.5. The first-order chi connectivity index (χ1) is 18.1. The van der Waals surface area contributed by atoms with E-state index in [1.807, 2.05) is 36.4 Å². The number of morpholine rings is 1. The Labute approximate surface area is 216 Å². The monoisotopic (exact) mass is 501 g/mol. The van der Waals surface area contributed by atoms with Gasteiger partial charge in [-0.25, -0.2) is 4.79 Å². The number of nitrogens with zero attached hydrogens (tertiary/aromatic N) is 4. The van der Waals surface area contributed by atoms with Crippen LogP contribution in [0.3, 0.4) is 0 Å². The molecule has 2 heterocycles. The summed E-state index contributed by atoms with van der Waals surface area (Å²) < 4.78 is 10.9. The Hall–Kier alpha value is -4.13. The van der Waals surface area contributed by atoms with Crippen molar-refractivity contribution < 1.29 is 18.7 Å². The minimum Gasteiger partial charge on any atom is -0.467 e. The third kappa shape index (κ3) is 7.93. The molecule has 2 aromatic carbocycles. The number of hydrogen-bond acceptors (Lipinski definition) is 6. The number of ether oxygens (including phenoxy) is 1. The zero-order valence-corrected chi connectivity index (χ0v) is 20.7. The van der Waals surface area contributed by atoms with Crippen molar-refractivity contribution in [1.82, 2.24) is 14.7 Å². The van der Waals surface area contributed by atoms with Crippen LogP contribution >= 0.6 is 0 Å². The van der Waals surface area contributed by atoms with Crippen molar-refractivity contribution in [1.29, 1.82) is 5.26 Å². The lowest BCUT2D eigenvalue weighted by Gasteiger charge is -2.31. The van der Waals surface area contributed by atoms with Gasteiger partial charge in [0, 0.05) is 38.4 Å². The number of carbonyl (C=O) groups is 2. The van der Waals surface area contributed by atoms with E-state index in [0.717, 1.165) is 18.7 Å². The topological polar surface area (TPSA) is 102 Å². The third-order valence-electron chi connectivity index (χ3n) is 6.16. The summed E-state index contributed by atoms with van der Waals surface area (Å²) in [6.45, 7) is 4.52. The van der Waals surface area contributed by atoms with Crippen LogP contribution in [-0.2, 0) is 22.6 Å². The summed E-state index contributed by atoms with van der Waals surface area (Å²) in [5.74, 6) is 0.489. The van der Waals surface area contributed by atoms with E-state index in [-0.39, 0.29) is 18.5 Å². The molecule has 1 aliphatic heterocycles. The standard InChI is InChI=1S/C28H31N5O4/c29-19-23-8-10-25(11-9-23)30-28(35)32(13-12-31-14-17-36-18-15-31)22-27(34)33(21-26-7-4-16-37-26)20-24-5-2-1-3-6-24/h1-11,16H,12-15,17-18,20-22H2,(H,30,35). The molecule has 1 aliphatic rings. The summed E-state index contributed by atoms with van der Waals surface area (Å²) >= 11 is 0. The first kappa shape index (κ1) is 25.9. The van der Waals surface area contributed by atoms with Gasteiger partial charge in [0.05, 0.1) is 37.7 Å². The van der Waals surface area contributed by atoms with Crippen molar-refractivity contribution in [2.45, 2.75) is 13.1 Å². The van der Waals surface area contributed by atoms with Gasteiger partial charge in [0.1, 0.15) is 12.3 Å². The van der Waals surface area contributed by atoms with Crippen LogP contribution in [-0.4, -0.2) is 72.6 Å². The second-order valence-corrected chi connectivity index (χ2v) is 8.81. The third-order valence-corrected chi connectivity index (χ3v) is 6.16. The van der Waals surface area contributed by atoms with E-state index in [0.29, 0.717) is 56.4 Å². The van der Waals surface area contributed by atoms with Crippen molar-refractivity contribution in [2.24, 2.45) is 0 Å². The molecule has 0 atom stereocenters. The fourth-order valence-electron chi connectivity index (χ4n) is 4.06. The van der Waals surface area contributed by atoms with E-state index in [4.69, 9.17) is 14.4 Å². The Morgan fingerprint density at radius 1 is 0.946 bits per heavy atom. The molecule has 9 nitrogen and oxygen atoms in total. The number of benzene rings is 2. The van der Waals surface area contributed by atoms with Crippen molar-refractivity contribution in [2.75, 3.05) is 51.3 Å². The van der Waals surface area contributed by atoms with Gasteiger partial charge in [0.15, 0.2) is 0 Å². The van der Waals surface area contributed by atoms with Crippen LogP contribution in [0.2, 0.25) is 0 Å². The molecule has 1 aromatic heterocycles. The number of rotatable bonds is 10. The predicted molar refractivity (Wildman–Crippen MR) is 138 cm³/mol. The van der Waals surface area contributed by atoms with Gasteiger partial charge in [-0.15, -0.1) is 0 Å². The molecule has 9 heteroatoms. The molecule has 0 aliphatic carbocycles. The smallest absolute Gasteiger partial charge is 0.322 e. The number of urea groups is 1. The molecule has 4 rings (SSSR count). The lowest BCUT2D eigenvalue weighted by molar-refractivity contribution is -0.133. The molecule has 0 saturated carbocycles. The normalized spacial score (nSPS) is 13.5. The Morgan fingerprint density at radius 2 is 1.70 bits per heavy atom. The van der Waals surface area contributed by atoms with Gasteiger partial charge in [-0.1, -0.05) is 30.3 Å². The molecule has 3 amide bonds. The summed E-state index contributed by atoms with van der Waals surface area (Å²) in [7, 11) is 0. The van der Waals surface area contributed by atoms with E-state index in [1.165, 1.54) is 4.90 Å². The van der Waals surface area contributed by atoms with Crippen LogP contribution in [0.5, 0.6) is 0 Å². The number of amides is 3. The maximum absolute atomic E-state index is 13.6. The number of nitrogens with one attached hydrogen (secondary N) is 1. The maximum Gasteiger partial charge on any atom is 0.322 e. The van der Waals surface area contributed by atoms with E-state index >= 15 is 0 Å². The number of anilines is 1. The molecular weight excluding hydrogens is 470 g/mol. The van der Waals surface area contributed by atoms with E-state index in [1.54, 1.807) is 41.5 Å². The summed E-state index contributed by atoms with van der Waals surface area (Å²) in [4.78, 5) is 32.3. The summed E-state index contributed by atoms with van der Waals surface area (Å²) in [6, 6.07) is 21.7. The van der Waals surface area contributed by atoms with Gasteiger partial charge in [-0.05, 0) is 42.0 Å². The van der Waals surface area contributed by atoms with Crippen molar-refractivity contribution in [3.05, 3.63) is 89.9 Å². The molecule has 1 N–H and O–H groups in total. The fourth-order valence-corrected chi connectivity index (χ4v) is 4.06. The molecular formula is C28H31N5O4. The van der Waals surface area contributed by atoms with E-state index in [9.17, 15) is 9.59 Å². The quantitative estimate of drug-likeness (QED) is 0.456. The average molecular weight is 502 g/mol. The van der Waals surface area contributed by atoms with Crippen LogP contribution in [0.1, 0.15) is 16.9 Å². The number of furan rings is 1. The summed E-state index contributed by atoms with van der Waals surface area (Å²) in [5.41, 5.74) is 2.06. The summed E-state index contributed by atoms with van der Waals surface area (Å²) in [5, 5.41) is 11.9. The summed E-state index contributed by atoms with van der Waals surface area (Å²) in [6.07, 6.45) is 1.58. The highest BCUT2D eigenvalue weighted by Gasteiger charge is 2.24. The molecule has 0 unspecified atom stereocenters. The Bertz CT molecular complexity index is 1170. The predicted octanol–water partition coefficient (Wildman–Crippen LogP) is 3.55. The van der Waals surface area contributed by atoms with Gasteiger partial charge < -0.3 is 24.3 Å². The SMILES string of the molecule is N#Cc1ccc(NC(=O)N(CCN2CCOCC2)CC(=O)N(Cc2ccccc2)Cc2ccco2)cc1. The first-order valence-corrected chi connectivity index (χ1v) is 12.3. The van der Waals surface area contributed by atoms with Crippen molar-refractivity contribution >= 4 is 17.6 Å². The lowest BCUT2D eigenvalue weighted by Crippen LogP contribution is -2.48. The molecule has 3 aromatic rings. The Morgan fingerprint density at radius 3 is 2.38 bits per heavy atom. The Kier molecular flexibility index (Phi) is 9.29. The van der Waals surface area contributed by atoms with Crippen LogP contribution in [0.4, 0.5) is 10.5 Å². The number of hydrogen-bond donors (Lipinski definition) is 1. The number of nitriles is 1. The van der Waals surface area contributed by atoms with Crippen molar-refractivity contribution in [3.8, 4) is 6.07 Å². The average Bonchev–Trinajstić information content (AvgIpc) is 3.45.